The molecule has 0 aliphatic rings. The minimum absolute atomic E-state index is 0.0926. The molecule has 0 aliphatic heterocycles. The molecule has 0 aliphatic carbocycles. The van der Waals surface area contributed by atoms with Crippen molar-refractivity contribution in [3.8, 4) is 5.75 Å². The van der Waals surface area contributed by atoms with Gasteiger partial charge in [0.2, 0.25) is 5.91 Å². The number of anilines is 2. The van der Waals surface area contributed by atoms with E-state index in [4.69, 9.17) is 4.74 Å². The monoisotopic (exact) mass is 367 g/mol. The molecule has 0 fully saturated rings. The second kappa shape index (κ2) is 10.0. The van der Waals surface area contributed by atoms with Crippen molar-refractivity contribution in [2.75, 3.05) is 30.3 Å². The molecule has 0 radical (unpaired) electrons. The van der Waals surface area contributed by atoms with Gasteiger partial charge in [0.25, 0.3) is 5.91 Å². The largest absolute Gasteiger partial charge is 0.487 e. The molecular formula is C21H25N3O3. The Hall–Kier alpha value is -3.28. The number of rotatable bonds is 9. The number of amides is 2. The maximum absolute atomic E-state index is 12.2. The van der Waals surface area contributed by atoms with Crippen LogP contribution in [0, 0.1) is 0 Å². The van der Waals surface area contributed by atoms with Crippen molar-refractivity contribution in [1.29, 1.82) is 0 Å². The summed E-state index contributed by atoms with van der Waals surface area (Å²) in [6, 6.07) is 14.2. The van der Waals surface area contributed by atoms with E-state index >= 15 is 0 Å². The fraction of sp³-hybridized carbons (Fsp3) is 0.238. The molecular weight excluding hydrogens is 342 g/mol. The number of nitrogens with one attached hydrogen (secondary N) is 3. The van der Waals surface area contributed by atoms with Crippen molar-refractivity contribution < 1.29 is 14.3 Å². The van der Waals surface area contributed by atoms with Crippen molar-refractivity contribution in [3.05, 3.63) is 66.2 Å². The maximum atomic E-state index is 12.2. The fourth-order valence-electron chi connectivity index (χ4n) is 2.28. The van der Waals surface area contributed by atoms with Crippen LogP contribution in [-0.2, 0) is 4.79 Å². The molecule has 2 amide bonds. The number of hydrogen-bond donors (Lipinski definition) is 3. The van der Waals surface area contributed by atoms with Crippen LogP contribution in [0.3, 0.4) is 0 Å². The van der Waals surface area contributed by atoms with E-state index in [0.29, 0.717) is 30.2 Å². The van der Waals surface area contributed by atoms with Crippen molar-refractivity contribution in [3.63, 3.8) is 0 Å². The number of benzene rings is 2. The Morgan fingerprint density at radius 1 is 1.07 bits per heavy atom. The third-order valence-electron chi connectivity index (χ3n) is 3.57. The van der Waals surface area contributed by atoms with Crippen LogP contribution in [0.1, 0.15) is 24.2 Å². The predicted octanol–water partition coefficient (Wildman–Crippen LogP) is 3.44. The molecule has 6 heteroatoms. The zero-order valence-electron chi connectivity index (χ0n) is 15.7. The SMILES string of the molecule is C=C(C)COc1ccccc1NC(=O)CNc1ccc(C(=O)NCC)cc1. The topological polar surface area (TPSA) is 79.5 Å². The van der Waals surface area contributed by atoms with Crippen LogP contribution in [0.5, 0.6) is 5.75 Å². The summed E-state index contributed by atoms with van der Waals surface area (Å²) in [6.07, 6.45) is 0. The molecule has 2 rings (SSSR count). The average Bonchev–Trinajstić information content (AvgIpc) is 2.66. The summed E-state index contributed by atoms with van der Waals surface area (Å²) in [7, 11) is 0. The van der Waals surface area contributed by atoms with Gasteiger partial charge in [0.15, 0.2) is 0 Å². The van der Waals surface area contributed by atoms with Gasteiger partial charge in [0.05, 0.1) is 12.2 Å². The Labute approximate surface area is 159 Å². The number of para-hydroxylation sites is 2. The van der Waals surface area contributed by atoms with E-state index in [2.05, 4.69) is 22.5 Å². The first kappa shape index (κ1) is 20.0. The van der Waals surface area contributed by atoms with Gasteiger partial charge < -0.3 is 20.7 Å². The summed E-state index contributed by atoms with van der Waals surface area (Å²) in [5.41, 5.74) is 2.84. The van der Waals surface area contributed by atoms with Crippen molar-refractivity contribution >= 4 is 23.2 Å². The molecule has 6 nitrogen and oxygen atoms in total. The highest BCUT2D eigenvalue weighted by Crippen LogP contribution is 2.24. The van der Waals surface area contributed by atoms with Crippen LogP contribution in [0.25, 0.3) is 0 Å². The van der Waals surface area contributed by atoms with Gasteiger partial charge in [0.1, 0.15) is 12.4 Å². The first-order valence-corrected chi connectivity index (χ1v) is 8.77. The van der Waals surface area contributed by atoms with E-state index < -0.39 is 0 Å². The molecule has 0 bridgehead atoms. The predicted molar refractivity (Wildman–Crippen MR) is 108 cm³/mol. The van der Waals surface area contributed by atoms with Crippen molar-refractivity contribution in [2.24, 2.45) is 0 Å². The summed E-state index contributed by atoms with van der Waals surface area (Å²) >= 11 is 0. The average molecular weight is 367 g/mol. The van der Waals surface area contributed by atoms with E-state index in [9.17, 15) is 9.59 Å². The Balaban J connectivity index is 1.89. The Morgan fingerprint density at radius 2 is 1.78 bits per heavy atom. The molecule has 3 N–H and O–H groups in total. The van der Waals surface area contributed by atoms with Gasteiger partial charge in [0, 0.05) is 17.8 Å². The van der Waals surface area contributed by atoms with Gasteiger partial charge in [-0.1, -0.05) is 18.7 Å². The van der Waals surface area contributed by atoms with Crippen LogP contribution in [-0.4, -0.2) is 31.5 Å². The normalized spacial score (nSPS) is 10.0. The van der Waals surface area contributed by atoms with E-state index in [1.54, 1.807) is 36.4 Å². The molecule has 0 spiro atoms. The van der Waals surface area contributed by atoms with Crippen LogP contribution in [0.4, 0.5) is 11.4 Å². The van der Waals surface area contributed by atoms with Crippen LogP contribution >= 0.6 is 0 Å². The zero-order valence-corrected chi connectivity index (χ0v) is 15.7. The summed E-state index contributed by atoms with van der Waals surface area (Å²) in [5.74, 6) is 0.280. The lowest BCUT2D eigenvalue weighted by Gasteiger charge is -2.13. The zero-order chi connectivity index (χ0) is 19.6. The highest BCUT2D eigenvalue weighted by atomic mass is 16.5. The van der Waals surface area contributed by atoms with Crippen LogP contribution in [0.2, 0.25) is 0 Å². The number of carbonyl (C=O) groups is 2. The van der Waals surface area contributed by atoms with Crippen molar-refractivity contribution in [1.82, 2.24) is 5.32 Å². The van der Waals surface area contributed by atoms with E-state index in [0.717, 1.165) is 11.3 Å². The van der Waals surface area contributed by atoms with Gasteiger partial charge in [-0.3, -0.25) is 9.59 Å². The second-order valence-corrected chi connectivity index (χ2v) is 6.08. The Morgan fingerprint density at radius 3 is 2.44 bits per heavy atom. The minimum Gasteiger partial charge on any atom is -0.487 e. The molecule has 0 unspecified atom stereocenters. The van der Waals surface area contributed by atoms with Gasteiger partial charge >= 0.3 is 0 Å². The van der Waals surface area contributed by atoms with Gasteiger partial charge in [-0.25, -0.2) is 0 Å². The quantitative estimate of drug-likeness (QED) is 0.593. The summed E-state index contributed by atoms with van der Waals surface area (Å²) in [4.78, 5) is 24.0. The summed E-state index contributed by atoms with van der Waals surface area (Å²) < 4.78 is 5.65. The highest BCUT2D eigenvalue weighted by Gasteiger charge is 2.08. The lowest BCUT2D eigenvalue weighted by Crippen LogP contribution is -2.23. The third kappa shape index (κ3) is 6.51. The molecule has 27 heavy (non-hydrogen) atoms. The minimum atomic E-state index is -0.200. The van der Waals surface area contributed by atoms with Crippen LogP contribution < -0.4 is 20.7 Å². The fourth-order valence-corrected chi connectivity index (χ4v) is 2.28. The second-order valence-electron chi connectivity index (χ2n) is 6.08. The Bertz CT molecular complexity index is 801. The highest BCUT2D eigenvalue weighted by molar-refractivity contribution is 5.96. The van der Waals surface area contributed by atoms with Crippen LogP contribution in [0.15, 0.2) is 60.7 Å². The van der Waals surface area contributed by atoms with E-state index in [1.165, 1.54) is 0 Å². The summed E-state index contributed by atoms with van der Waals surface area (Å²) in [5, 5.41) is 8.61. The van der Waals surface area contributed by atoms with E-state index in [-0.39, 0.29) is 18.4 Å². The molecule has 0 aromatic heterocycles. The number of hydrogen-bond acceptors (Lipinski definition) is 4. The molecule has 142 valence electrons. The molecule has 0 saturated heterocycles. The molecule has 2 aromatic rings. The van der Waals surface area contributed by atoms with Gasteiger partial charge in [-0.2, -0.15) is 0 Å². The number of carbonyl (C=O) groups excluding carboxylic acids is 2. The molecule has 0 heterocycles. The molecule has 0 atom stereocenters. The summed E-state index contributed by atoms with van der Waals surface area (Å²) in [6.45, 7) is 8.61. The first-order chi connectivity index (χ1) is 13.0. The lowest BCUT2D eigenvalue weighted by molar-refractivity contribution is -0.114. The molecule has 2 aromatic carbocycles. The van der Waals surface area contributed by atoms with Crippen molar-refractivity contribution in [2.45, 2.75) is 13.8 Å². The van der Waals surface area contributed by atoms with E-state index in [1.807, 2.05) is 26.0 Å². The van der Waals surface area contributed by atoms with Gasteiger partial charge in [-0.05, 0) is 55.8 Å². The standard InChI is InChI=1S/C21H25N3O3/c1-4-22-21(26)16-9-11-17(12-10-16)23-13-20(25)24-18-7-5-6-8-19(18)27-14-15(2)3/h5-12,23H,2,4,13-14H2,1,3H3,(H,22,26)(H,24,25). The first-order valence-electron chi connectivity index (χ1n) is 8.77. The maximum Gasteiger partial charge on any atom is 0.251 e. The molecule has 0 saturated carbocycles. The lowest BCUT2D eigenvalue weighted by atomic mass is 10.2. The number of ether oxygens (including phenoxy) is 1. The third-order valence-corrected chi connectivity index (χ3v) is 3.57. The van der Waals surface area contributed by atoms with Gasteiger partial charge in [-0.15, -0.1) is 0 Å². The Kier molecular flexibility index (Phi) is 7.43. The smallest absolute Gasteiger partial charge is 0.251 e.